The van der Waals surface area contributed by atoms with Crippen LogP contribution < -0.4 is 0 Å². The van der Waals surface area contributed by atoms with Crippen molar-refractivity contribution in [3.8, 4) is 0 Å². The zero-order chi connectivity index (χ0) is 7.21. The minimum Gasteiger partial charge on any atom is -0.412 e. The minimum absolute atomic E-state index is 0. The molecule has 6 heteroatoms. The molecule has 0 unspecified atom stereocenters. The Labute approximate surface area is 63.5 Å². The van der Waals surface area contributed by atoms with Crippen molar-refractivity contribution < 1.29 is 13.9 Å². The predicted molar refractivity (Wildman–Crippen MR) is 40.1 cm³/mol. The summed E-state index contributed by atoms with van der Waals surface area (Å²) in [5.41, 5.74) is 0. The topological polar surface area (TPSA) is 65.6 Å². The van der Waals surface area contributed by atoms with Gasteiger partial charge < -0.3 is 5.48 Å². The Morgan fingerprint density at radius 3 is 1.44 bits per heavy atom. The molecule has 0 aromatic heterocycles. The van der Waals surface area contributed by atoms with Gasteiger partial charge in [0.15, 0.2) is 0 Å². The Morgan fingerprint density at radius 2 is 1.44 bits per heavy atom. The summed E-state index contributed by atoms with van der Waals surface area (Å²) >= 11 is 0. The molecule has 0 atom stereocenters. The molecule has 58 valence electrons. The first-order valence-electron chi connectivity index (χ1n) is 1.63. The van der Waals surface area contributed by atoms with Crippen LogP contribution in [0.2, 0.25) is 0 Å². The van der Waals surface area contributed by atoms with Gasteiger partial charge in [-0.25, -0.2) is 0 Å². The summed E-state index contributed by atoms with van der Waals surface area (Å²) in [4.78, 5) is 0. The van der Waals surface area contributed by atoms with Gasteiger partial charge in [0, 0.05) is 21.4 Å². The Kier molecular flexibility index (Phi) is 14.7. The SMILES string of the molecule is C=CC.O.O=S(=O)(Cl)Cl. The van der Waals surface area contributed by atoms with Crippen LogP contribution in [0, 0.1) is 0 Å². The van der Waals surface area contributed by atoms with E-state index in [4.69, 9.17) is 8.42 Å². The van der Waals surface area contributed by atoms with Gasteiger partial charge in [-0.1, -0.05) is 6.08 Å². The van der Waals surface area contributed by atoms with Crippen LogP contribution >= 0.6 is 21.4 Å². The standard InChI is InChI=1S/C3H6.Cl2O2S.H2O/c1-3-2;1-5(2,3)4;/h3H,1H2,2H3;;1H2. The second-order valence-corrected chi connectivity index (χ2v) is 4.45. The Bertz CT molecular complexity index is 131. The second-order valence-electron chi connectivity index (χ2n) is 0.787. The lowest BCUT2D eigenvalue weighted by Gasteiger charge is -1.61. The number of rotatable bonds is 0. The molecule has 0 spiro atoms. The molecule has 0 radical (unpaired) electrons. The van der Waals surface area contributed by atoms with Gasteiger partial charge in [-0.05, 0) is 6.92 Å². The molecular weight excluding hydrogens is 187 g/mol. The highest BCUT2D eigenvalue weighted by atomic mass is 36.0. The Morgan fingerprint density at radius 1 is 1.44 bits per heavy atom. The molecule has 0 saturated heterocycles. The molecular formula is C3H8Cl2O3S. The predicted octanol–water partition coefficient (Wildman–Crippen LogP) is 1.08. The van der Waals surface area contributed by atoms with E-state index in [0.29, 0.717) is 0 Å². The third-order valence-electron chi connectivity index (χ3n) is 0. The van der Waals surface area contributed by atoms with Crippen LogP contribution in [0.5, 0.6) is 0 Å². The van der Waals surface area contributed by atoms with Gasteiger partial charge in [0.2, 0.25) is 0 Å². The van der Waals surface area contributed by atoms with Crippen molar-refractivity contribution in [3.63, 3.8) is 0 Å². The van der Waals surface area contributed by atoms with Crippen LogP contribution in [0.25, 0.3) is 0 Å². The number of hydrogen-bond donors (Lipinski definition) is 0. The average molecular weight is 195 g/mol. The summed E-state index contributed by atoms with van der Waals surface area (Å²) in [7, 11) is 4.81. The van der Waals surface area contributed by atoms with Crippen molar-refractivity contribution in [2.45, 2.75) is 6.92 Å². The smallest absolute Gasteiger partial charge is 0.317 e. The number of hydrogen-bond acceptors (Lipinski definition) is 2. The molecule has 0 aliphatic carbocycles. The first kappa shape index (κ1) is 16.1. The average Bonchev–Trinajstić information content (AvgIpc) is 1.27. The van der Waals surface area contributed by atoms with Crippen molar-refractivity contribution in [1.82, 2.24) is 0 Å². The van der Waals surface area contributed by atoms with Crippen LogP contribution in [0.15, 0.2) is 12.7 Å². The Balaban J connectivity index is -0.0000000800. The molecule has 0 amide bonds. The molecule has 2 N–H and O–H groups in total. The van der Waals surface area contributed by atoms with Gasteiger partial charge in [0.05, 0.1) is 0 Å². The monoisotopic (exact) mass is 194 g/mol. The van der Waals surface area contributed by atoms with E-state index in [9.17, 15) is 0 Å². The van der Waals surface area contributed by atoms with Gasteiger partial charge in [0.1, 0.15) is 0 Å². The maximum absolute atomic E-state index is 9.16. The molecule has 0 aliphatic heterocycles. The van der Waals surface area contributed by atoms with Gasteiger partial charge in [0.25, 0.3) is 0 Å². The summed E-state index contributed by atoms with van der Waals surface area (Å²) in [5, 5.41) is 0. The highest BCUT2D eigenvalue weighted by Crippen LogP contribution is 1.98. The molecule has 3 nitrogen and oxygen atoms in total. The molecule has 0 rings (SSSR count). The molecule has 0 aromatic carbocycles. The lowest BCUT2D eigenvalue weighted by molar-refractivity contribution is 0.621. The van der Waals surface area contributed by atoms with Crippen LogP contribution in [-0.2, 0) is 8.26 Å². The molecule has 0 fully saturated rings. The second kappa shape index (κ2) is 8.23. The lowest BCUT2D eigenvalue weighted by Crippen LogP contribution is -1.63. The molecule has 9 heavy (non-hydrogen) atoms. The van der Waals surface area contributed by atoms with E-state index in [1.165, 1.54) is 0 Å². The summed E-state index contributed by atoms with van der Waals surface area (Å²) < 4.78 is 18.3. The fourth-order valence-corrected chi connectivity index (χ4v) is 0. The zero-order valence-corrected chi connectivity index (χ0v) is 7.09. The van der Waals surface area contributed by atoms with Crippen molar-refractivity contribution >= 4 is 29.6 Å². The lowest BCUT2D eigenvalue weighted by atomic mass is 10.8. The fourth-order valence-electron chi connectivity index (χ4n) is 0. The zero-order valence-electron chi connectivity index (χ0n) is 4.77. The Hall–Kier alpha value is 0.230. The van der Waals surface area contributed by atoms with E-state index in [2.05, 4.69) is 27.9 Å². The summed E-state index contributed by atoms with van der Waals surface area (Å²) in [6.45, 7) is 5.25. The highest BCUT2D eigenvalue weighted by molar-refractivity contribution is 8.31. The van der Waals surface area contributed by atoms with Gasteiger partial charge >= 0.3 is 8.26 Å². The molecule has 0 aliphatic rings. The van der Waals surface area contributed by atoms with Crippen molar-refractivity contribution in [2.75, 3.05) is 0 Å². The molecule has 0 heterocycles. The first-order chi connectivity index (χ1) is 3.41. The summed E-state index contributed by atoms with van der Waals surface area (Å²) in [6, 6.07) is 0. The largest absolute Gasteiger partial charge is 0.412 e. The third kappa shape index (κ3) is 6040. The van der Waals surface area contributed by atoms with Crippen LogP contribution in [0.3, 0.4) is 0 Å². The summed E-state index contributed by atoms with van der Waals surface area (Å²) in [6.07, 6.45) is 1.75. The van der Waals surface area contributed by atoms with Crippen LogP contribution in [-0.4, -0.2) is 13.9 Å². The van der Waals surface area contributed by atoms with E-state index in [1.54, 1.807) is 6.08 Å². The van der Waals surface area contributed by atoms with E-state index < -0.39 is 8.26 Å². The van der Waals surface area contributed by atoms with Crippen molar-refractivity contribution in [1.29, 1.82) is 0 Å². The van der Waals surface area contributed by atoms with E-state index >= 15 is 0 Å². The van der Waals surface area contributed by atoms with Gasteiger partial charge in [-0.3, -0.25) is 0 Å². The van der Waals surface area contributed by atoms with E-state index in [0.717, 1.165) is 0 Å². The first-order valence-corrected chi connectivity index (χ1v) is 4.76. The quantitative estimate of drug-likeness (QED) is 0.428. The van der Waals surface area contributed by atoms with Crippen molar-refractivity contribution in [2.24, 2.45) is 0 Å². The normalized spacial score (nSPS) is 7.89. The maximum Gasteiger partial charge on any atom is 0.317 e. The third-order valence-corrected chi connectivity index (χ3v) is 0. The molecule has 0 aromatic rings. The minimum atomic E-state index is -3.72. The van der Waals surface area contributed by atoms with Crippen LogP contribution in [0.1, 0.15) is 6.92 Å². The maximum atomic E-state index is 9.16. The van der Waals surface area contributed by atoms with Gasteiger partial charge in [-0.2, -0.15) is 8.42 Å². The molecule has 0 saturated carbocycles. The van der Waals surface area contributed by atoms with Gasteiger partial charge in [-0.15, -0.1) is 6.58 Å². The highest BCUT2D eigenvalue weighted by Gasteiger charge is 1.88. The summed E-state index contributed by atoms with van der Waals surface area (Å²) in [5.74, 6) is 0. The number of allylic oxidation sites excluding steroid dienone is 1. The van der Waals surface area contributed by atoms with E-state index in [1.807, 2.05) is 6.92 Å². The van der Waals surface area contributed by atoms with Crippen molar-refractivity contribution in [3.05, 3.63) is 12.7 Å². The number of halogens is 2. The molecule has 0 bridgehead atoms. The fraction of sp³-hybridized carbons (Fsp3) is 0.333. The van der Waals surface area contributed by atoms with E-state index in [-0.39, 0.29) is 5.48 Å². The van der Waals surface area contributed by atoms with Crippen LogP contribution in [0.4, 0.5) is 0 Å².